The van der Waals surface area contributed by atoms with Gasteiger partial charge in [-0.3, -0.25) is 4.31 Å². The number of rotatable bonds is 4. The highest BCUT2D eigenvalue weighted by Gasteiger charge is 2.23. The van der Waals surface area contributed by atoms with E-state index in [2.05, 4.69) is 0 Å². The number of aliphatic hydroxyl groups excluding tert-OH is 1. The Kier molecular flexibility index (Phi) is 4.17. The molecule has 20 heavy (non-hydrogen) atoms. The molecule has 0 unspecified atom stereocenters. The van der Waals surface area contributed by atoms with E-state index in [-0.39, 0.29) is 10.8 Å². The summed E-state index contributed by atoms with van der Waals surface area (Å²) < 4.78 is 26.6. The lowest BCUT2D eigenvalue weighted by atomic mass is 10.1. The quantitative estimate of drug-likeness (QED) is 0.944. The van der Waals surface area contributed by atoms with Crippen LogP contribution in [0.4, 0.5) is 5.69 Å². The molecule has 0 aliphatic heterocycles. The van der Waals surface area contributed by atoms with Crippen LogP contribution in [0.2, 0.25) is 0 Å². The molecular formula is C14H17NO3S2. The summed E-state index contributed by atoms with van der Waals surface area (Å²) in [6.07, 6.45) is 0. The number of aliphatic hydroxyl groups is 1. The van der Waals surface area contributed by atoms with Crippen molar-refractivity contribution in [1.29, 1.82) is 0 Å². The van der Waals surface area contributed by atoms with E-state index in [0.717, 1.165) is 22.5 Å². The van der Waals surface area contributed by atoms with Crippen molar-refractivity contribution in [3.8, 4) is 0 Å². The molecule has 0 fully saturated rings. The van der Waals surface area contributed by atoms with Crippen molar-refractivity contribution in [2.24, 2.45) is 0 Å². The average Bonchev–Trinajstić information content (AvgIpc) is 2.86. The summed E-state index contributed by atoms with van der Waals surface area (Å²) in [6, 6.07) is 8.84. The van der Waals surface area contributed by atoms with E-state index in [9.17, 15) is 8.42 Å². The second-order valence-corrected chi connectivity index (χ2v) is 8.06. The summed E-state index contributed by atoms with van der Waals surface area (Å²) in [7, 11) is -2.03. The van der Waals surface area contributed by atoms with Crippen molar-refractivity contribution >= 4 is 27.0 Å². The minimum absolute atomic E-state index is 0.145. The van der Waals surface area contributed by atoms with Gasteiger partial charge in [-0.15, -0.1) is 11.3 Å². The lowest BCUT2D eigenvalue weighted by Crippen LogP contribution is -2.25. The van der Waals surface area contributed by atoms with Gasteiger partial charge in [-0.25, -0.2) is 8.42 Å². The summed E-state index contributed by atoms with van der Waals surface area (Å²) in [5.74, 6) is 0. The van der Waals surface area contributed by atoms with E-state index in [1.165, 1.54) is 10.4 Å². The first-order valence-electron chi connectivity index (χ1n) is 6.11. The molecule has 0 aliphatic rings. The Labute approximate surface area is 123 Å². The molecule has 0 bridgehead atoms. The number of sulfonamides is 1. The van der Waals surface area contributed by atoms with E-state index in [4.69, 9.17) is 5.11 Å². The van der Waals surface area contributed by atoms with Gasteiger partial charge in [-0.2, -0.15) is 0 Å². The topological polar surface area (TPSA) is 57.6 Å². The maximum absolute atomic E-state index is 12.5. The zero-order chi connectivity index (χ0) is 14.9. The van der Waals surface area contributed by atoms with Crippen molar-refractivity contribution in [2.75, 3.05) is 11.4 Å². The molecule has 1 heterocycles. The van der Waals surface area contributed by atoms with E-state index >= 15 is 0 Å². The zero-order valence-electron chi connectivity index (χ0n) is 11.6. The van der Waals surface area contributed by atoms with Gasteiger partial charge in [0, 0.05) is 11.9 Å². The summed E-state index contributed by atoms with van der Waals surface area (Å²) in [5, 5.41) is 9.05. The summed E-state index contributed by atoms with van der Waals surface area (Å²) in [4.78, 5) is 0.636. The normalized spacial score (nSPS) is 11.6. The molecule has 0 atom stereocenters. The maximum Gasteiger partial charge on any atom is 0.273 e. The van der Waals surface area contributed by atoms with Crippen molar-refractivity contribution in [2.45, 2.75) is 24.7 Å². The van der Waals surface area contributed by atoms with Crippen LogP contribution in [0.1, 0.15) is 16.0 Å². The van der Waals surface area contributed by atoms with Crippen LogP contribution in [0.15, 0.2) is 34.5 Å². The SMILES string of the molecule is Cc1cc(C)cc(N(C)S(=O)(=O)c2ccc(CO)s2)c1. The molecule has 1 aromatic heterocycles. The molecule has 4 nitrogen and oxygen atoms in total. The molecule has 2 rings (SSSR count). The number of thiophene rings is 1. The Morgan fingerprint density at radius 2 is 1.75 bits per heavy atom. The lowest BCUT2D eigenvalue weighted by molar-refractivity contribution is 0.285. The monoisotopic (exact) mass is 311 g/mol. The number of hydrogen-bond acceptors (Lipinski definition) is 4. The van der Waals surface area contributed by atoms with E-state index in [1.807, 2.05) is 32.0 Å². The van der Waals surface area contributed by atoms with Crippen LogP contribution in [-0.4, -0.2) is 20.6 Å². The predicted molar refractivity (Wildman–Crippen MR) is 81.7 cm³/mol. The third-order valence-electron chi connectivity index (χ3n) is 2.98. The fourth-order valence-corrected chi connectivity index (χ4v) is 4.55. The Bertz CT molecular complexity index is 700. The fourth-order valence-electron chi connectivity index (χ4n) is 1.99. The molecule has 0 spiro atoms. The Morgan fingerprint density at radius 1 is 1.15 bits per heavy atom. The molecule has 2 aromatic rings. The molecule has 0 saturated heterocycles. The van der Waals surface area contributed by atoms with Crippen molar-refractivity contribution in [3.05, 3.63) is 46.3 Å². The minimum atomic E-state index is -3.57. The van der Waals surface area contributed by atoms with Gasteiger partial charge in [0.05, 0.1) is 12.3 Å². The molecule has 0 radical (unpaired) electrons. The molecule has 0 saturated carbocycles. The van der Waals surface area contributed by atoms with Gasteiger partial charge >= 0.3 is 0 Å². The first-order valence-corrected chi connectivity index (χ1v) is 8.37. The van der Waals surface area contributed by atoms with Crippen LogP contribution in [-0.2, 0) is 16.6 Å². The summed E-state index contributed by atoms with van der Waals surface area (Å²) in [6.45, 7) is 3.73. The Balaban J connectivity index is 2.42. The molecular weight excluding hydrogens is 294 g/mol. The number of nitrogens with zero attached hydrogens (tertiary/aromatic N) is 1. The third kappa shape index (κ3) is 2.87. The first-order chi connectivity index (χ1) is 9.34. The Morgan fingerprint density at radius 3 is 2.25 bits per heavy atom. The zero-order valence-corrected chi connectivity index (χ0v) is 13.3. The fraction of sp³-hybridized carbons (Fsp3) is 0.286. The number of anilines is 1. The highest BCUT2D eigenvalue weighted by Crippen LogP contribution is 2.28. The molecule has 1 aromatic carbocycles. The van der Waals surface area contributed by atoms with Crippen LogP contribution >= 0.6 is 11.3 Å². The lowest BCUT2D eigenvalue weighted by Gasteiger charge is -2.19. The van der Waals surface area contributed by atoms with Crippen LogP contribution in [0.3, 0.4) is 0 Å². The number of benzene rings is 1. The molecule has 108 valence electrons. The van der Waals surface area contributed by atoms with Crippen LogP contribution < -0.4 is 4.31 Å². The Hall–Kier alpha value is -1.37. The van der Waals surface area contributed by atoms with Gasteiger partial charge in [0.15, 0.2) is 0 Å². The standard InChI is InChI=1S/C14H17NO3S2/c1-10-6-11(2)8-12(7-10)15(3)20(17,18)14-5-4-13(9-16)19-14/h4-8,16H,9H2,1-3H3. The first kappa shape index (κ1) is 15.0. The van der Waals surface area contributed by atoms with Gasteiger partial charge < -0.3 is 5.11 Å². The van der Waals surface area contributed by atoms with E-state index in [1.54, 1.807) is 13.1 Å². The number of aryl methyl sites for hydroxylation is 2. The minimum Gasteiger partial charge on any atom is -0.391 e. The van der Waals surface area contributed by atoms with Gasteiger partial charge in [0.2, 0.25) is 0 Å². The smallest absolute Gasteiger partial charge is 0.273 e. The van der Waals surface area contributed by atoms with Crippen LogP contribution in [0.25, 0.3) is 0 Å². The predicted octanol–water partition coefficient (Wildman–Crippen LogP) is 2.68. The molecule has 6 heteroatoms. The summed E-state index contributed by atoms with van der Waals surface area (Å²) >= 11 is 1.09. The van der Waals surface area contributed by atoms with Gasteiger partial charge in [-0.1, -0.05) is 6.07 Å². The third-order valence-corrected chi connectivity index (χ3v) is 6.30. The molecule has 1 N–H and O–H groups in total. The highest BCUT2D eigenvalue weighted by atomic mass is 32.2. The van der Waals surface area contributed by atoms with Crippen LogP contribution in [0, 0.1) is 13.8 Å². The van der Waals surface area contributed by atoms with Crippen LogP contribution in [0.5, 0.6) is 0 Å². The number of hydrogen-bond donors (Lipinski definition) is 1. The van der Waals surface area contributed by atoms with Crippen molar-refractivity contribution in [3.63, 3.8) is 0 Å². The van der Waals surface area contributed by atoms with Gasteiger partial charge in [0.1, 0.15) is 4.21 Å². The average molecular weight is 311 g/mol. The van der Waals surface area contributed by atoms with Gasteiger partial charge in [-0.05, 0) is 49.2 Å². The maximum atomic E-state index is 12.5. The molecule has 0 amide bonds. The van der Waals surface area contributed by atoms with E-state index in [0.29, 0.717) is 10.6 Å². The second kappa shape index (κ2) is 5.55. The van der Waals surface area contributed by atoms with Gasteiger partial charge in [0.25, 0.3) is 10.0 Å². The second-order valence-electron chi connectivity index (χ2n) is 4.70. The van der Waals surface area contributed by atoms with E-state index < -0.39 is 10.0 Å². The highest BCUT2D eigenvalue weighted by molar-refractivity contribution is 7.94. The van der Waals surface area contributed by atoms with Crippen molar-refractivity contribution in [1.82, 2.24) is 0 Å². The molecule has 0 aliphatic carbocycles. The summed E-state index contributed by atoms with van der Waals surface area (Å²) in [5.41, 5.74) is 2.68. The van der Waals surface area contributed by atoms with Crippen molar-refractivity contribution < 1.29 is 13.5 Å². The largest absolute Gasteiger partial charge is 0.391 e.